The summed E-state index contributed by atoms with van der Waals surface area (Å²) in [7, 11) is 0. The maximum absolute atomic E-state index is 5.98. The molecule has 1 heterocycles. The highest BCUT2D eigenvalue weighted by molar-refractivity contribution is 6.32. The van der Waals surface area contributed by atoms with E-state index in [0.29, 0.717) is 28.0 Å². The Morgan fingerprint density at radius 3 is 2.69 bits per heavy atom. The number of nitrogen functional groups attached to an aromatic ring is 1. The van der Waals surface area contributed by atoms with Gasteiger partial charge in [-0.15, -0.1) is 0 Å². The van der Waals surface area contributed by atoms with Crippen molar-refractivity contribution < 1.29 is 4.74 Å². The van der Waals surface area contributed by atoms with E-state index in [9.17, 15) is 0 Å². The first-order valence-electron chi connectivity index (χ1n) is 4.68. The van der Waals surface area contributed by atoms with E-state index in [0.717, 1.165) is 0 Å². The first kappa shape index (κ1) is 10.7. The Bertz CT molecular complexity index is 496. The van der Waals surface area contributed by atoms with Gasteiger partial charge in [-0.05, 0) is 19.1 Å². The number of nitrogens with zero attached hydrogens (tertiary/aromatic N) is 2. The van der Waals surface area contributed by atoms with Gasteiger partial charge in [-0.1, -0.05) is 17.7 Å². The second-order valence-corrected chi connectivity index (χ2v) is 3.61. The van der Waals surface area contributed by atoms with Crippen molar-refractivity contribution in [1.82, 2.24) is 9.97 Å². The molecule has 4 nitrogen and oxygen atoms in total. The Morgan fingerprint density at radius 2 is 2.00 bits per heavy atom. The maximum atomic E-state index is 5.98. The molecule has 2 N–H and O–H groups in total. The van der Waals surface area contributed by atoms with E-state index in [4.69, 9.17) is 22.1 Å². The van der Waals surface area contributed by atoms with Gasteiger partial charge in [-0.2, -0.15) is 0 Å². The second-order valence-electron chi connectivity index (χ2n) is 3.21. The number of nitrogens with two attached hydrogens (primary N) is 1. The molecule has 0 radical (unpaired) electrons. The van der Waals surface area contributed by atoms with E-state index >= 15 is 0 Å². The number of halogens is 1. The molecule has 0 saturated heterocycles. The predicted octanol–water partition coefficient (Wildman–Crippen LogP) is 2.81. The molecule has 1 aromatic heterocycles. The molecule has 2 rings (SSSR count). The van der Waals surface area contributed by atoms with Crippen molar-refractivity contribution in [2.24, 2.45) is 0 Å². The van der Waals surface area contributed by atoms with Crippen molar-refractivity contribution in [3.63, 3.8) is 0 Å². The zero-order valence-corrected chi connectivity index (χ0v) is 9.40. The summed E-state index contributed by atoms with van der Waals surface area (Å²) in [5.41, 5.74) is 6.91. The molecule has 0 unspecified atom stereocenters. The van der Waals surface area contributed by atoms with Crippen LogP contribution in [0, 0.1) is 6.92 Å². The second kappa shape index (κ2) is 4.37. The van der Waals surface area contributed by atoms with E-state index in [2.05, 4.69) is 9.97 Å². The fraction of sp³-hybridized carbons (Fsp3) is 0.0909. The number of aryl methyl sites for hydroxylation is 1. The van der Waals surface area contributed by atoms with E-state index in [1.54, 1.807) is 37.5 Å². The van der Waals surface area contributed by atoms with Crippen LogP contribution in [-0.4, -0.2) is 9.97 Å². The van der Waals surface area contributed by atoms with Crippen molar-refractivity contribution >= 4 is 17.3 Å². The lowest BCUT2D eigenvalue weighted by Crippen LogP contribution is -1.97. The van der Waals surface area contributed by atoms with Gasteiger partial charge in [0.15, 0.2) is 5.75 Å². The summed E-state index contributed by atoms with van der Waals surface area (Å²) in [5, 5.41) is 0.449. The molecule has 2 aromatic rings. The van der Waals surface area contributed by atoms with Crippen LogP contribution in [0.4, 0.5) is 5.69 Å². The molecule has 0 spiro atoms. The third-order valence-corrected chi connectivity index (χ3v) is 2.33. The van der Waals surface area contributed by atoms with Crippen LogP contribution in [0.1, 0.15) is 5.69 Å². The van der Waals surface area contributed by atoms with Gasteiger partial charge < -0.3 is 10.5 Å². The highest BCUT2D eigenvalue weighted by Gasteiger charge is 2.09. The van der Waals surface area contributed by atoms with E-state index < -0.39 is 0 Å². The summed E-state index contributed by atoms with van der Waals surface area (Å²) in [5.74, 6) is 0.815. The lowest BCUT2D eigenvalue weighted by atomic mass is 10.3. The van der Waals surface area contributed by atoms with Crippen molar-refractivity contribution in [2.45, 2.75) is 6.92 Å². The van der Waals surface area contributed by atoms with Crippen LogP contribution in [0.15, 0.2) is 30.6 Å². The van der Waals surface area contributed by atoms with Crippen molar-refractivity contribution in [3.8, 4) is 11.6 Å². The Balaban J connectivity index is 2.38. The molecule has 0 aliphatic carbocycles. The third-order valence-electron chi connectivity index (χ3n) is 2.03. The first-order valence-corrected chi connectivity index (χ1v) is 5.05. The standard InChI is InChI=1S/C11H10ClN3O/c1-7-11(15-6-5-14-7)16-10-8(12)3-2-4-9(10)13/h2-6H,13H2,1H3. The van der Waals surface area contributed by atoms with Crippen LogP contribution in [0.2, 0.25) is 5.02 Å². The molecule has 82 valence electrons. The zero-order valence-electron chi connectivity index (χ0n) is 8.64. The predicted molar refractivity (Wildman–Crippen MR) is 62.7 cm³/mol. The van der Waals surface area contributed by atoms with E-state index in [1.165, 1.54) is 0 Å². The lowest BCUT2D eigenvalue weighted by molar-refractivity contribution is 0.457. The summed E-state index contributed by atoms with van der Waals surface area (Å²) in [6.07, 6.45) is 3.15. The van der Waals surface area contributed by atoms with Crippen LogP contribution < -0.4 is 10.5 Å². The largest absolute Gasteiger partial charge is 0.433 e. The van der Waals surface area contributed by atoms with Crippen LogP contribution in [0.3, 0.4) is 0 Å². The number of anilines is 1. The quantitative estimate of drug-likeness (QED) is 0.813. The number of ether oxygens (including phenoxy) is 1. The van der Waals surface area contributed by atoms with Crippen LogP contribution in [0.25, 0.3) is 0 Å². The molecule has 0 aliphatic rings. The third kappa shape index (κ3) is 2.06. The monoisotopic (exact) mass is 235 g/mol. The molecular weight excluding hydrogens is 226 g/mol. The van der Waals surface area contributed by atoms with Crippen LogP contribution >= 0.6 is 11.6 Å². The summed E-state index contributed by atoms with van der Waals surface area (Å²) in [6.45, 7) is 1.80. The summed E-state index contributed by atoms with van der Waals surface area (Å²) >= 11 is 5.98. The normalized spacial score (nSPS) is 10.1. The minimum absolute atomic E-state index is 0.405. The number of hydrogen-bond acceptors (Lipinski definition) is 4. The van der Waals surface area contributed by atoms with E-state index in [1.807, 2.05) is 0 Å². The molecule has 16 heavy (non-hydrogen) atoms. The van der Waals surface area contributed by atoms with Crippen molar-refractivity contribution in [1.29, 1.82) is 0 Å². The minimum atomic E-state index is 0.405. The Labute approximate surface area is 98.0 Å². The average Bonchev–Trinajstić information content (AvgIpc) is 2.26. The molecule has 0 bridgehead atoms. The first-order chi connectivity index (χ1) is 7.68. The minimum Gasteiger partial charge on any atom is -0.433 e. The topological polar surface area (TPSA) is 61.0 Å². The molecule has 5 heteroatoms. The average molecular weight is 236 g/mol. The van der Waals surface area contributed by atoms with Gasteiger partial charge in [0.05, 0.1) is 16.4 Å². The molecular formula is C11H10ClN3O. The van der Waals surface area contributed by atoms with Gasteiger partial charge in [0, 0.05) is 12.4 Å². The fourth-order valence-corrected chi connectivity index (χ4v) is 1.45. The number of rotatable bonds is 2. The highest BCUT2D eigenvalue weighted by atomic mass is 35.5. The maximum Gasteiger partial charge on any atom is 0.240 e. The number of hydrogen-bond donors (Lipinski definition) is 1. The SMILES string of the molecule is Cc1nccnc1Oc1c(N)cccc1Cl. The molecule has 0 atom stereocenters. The van der Waals surface area contributed by atoms with Gasteiger partial charge >= 0.3 is 0 Å². The van der Waals surface area contributed by atoms with Crippen molar-refractivity contribution in [3.05, 3.63) is 41.3 Å². The summed E-state index contributed by atoms with van der Waals surface area (Å²) < 4.78 is 5.54. The van der Waals surface area contributed by atoms with Crippen molar-refractivity contribution in [2.75, 3.05) is 5.73 Å². The molecule has 0 fully saturated rings. The van der Waals surface area contributed by atoms with Gasteiger partial charge in [-0.25, -0.2) is 4.98 Å². The molecule has 1 aromatic carbocycles. The van der Waals surface area contributed by atoms with Gasteiger partial charge in [-0.3, -0.25) is 4.98 Å². The smallest absolute Gasteiger partial charge is 0.240 e. The number of para-hydroxylation sites is 1. The molecule has 0 aliphatic heterocycles. The fourth-order valence-electron chi connectivity index (χ4n) is 1.22. The van der Waals surface area contributed by atoms with Gasteiger partial charge in [0.25, 0.3) is 0 Å². The van der Waals surface area contributed by atoms with Crippen LogP contribution in [0.5, 0.6) is 11.6 Å². The Kier molecular flexibility index (Phi) is 2.92. The zero-order chi connectivity index (χ0) is 11.5. The van der Waals surface area contributed by atoms with Crippen LogP contribution in [-0.2, 0) is 0 Å². The van der Waals surface area contributed by atoms with E-state index in [-0.39, 0.29) is 0 Å². The molecule has 0 amide bonds. The molecule has 0 saturated carbocycles. The lowest BCUT2D eigenvalue weighted by Gasteiger charge is -2.09. The Hall–Kier alpha value is -1.81. The highest BCUT2D eigenvalue weighted by Crippen LogP contribution is 2.34. The van der Waals surface area contributed by atoms with Gasteiger partial charge in [0.2, 0.25) is 5.88 Å². The summed E-state index contributed by atoms with van der Waals surface area (Å²) in [4.78, 5) is 8.12. The van der Waals surface area contributed by atoms with Gasteiger partial charge in [0.1, 0.15) is 0 Å². The number of benzene rings is 1. The number of aromatic nitrogens is 2. The summed E-state index contributed by atoms with van der Waals surface area (Å²) in [6, 6.07) is 5.18. The Morgan fingerprint density at radius 1 is 1.25 bits per heavy atom.